The molecule has 3 rings (SSSR count). The van der Waals surface area contributed by atoms with E-state index in [0.717, 1.165) is 5.56 Å². The maximum atomic E-state index is 12.9. The molecule has 12 heteroatoms. The highest BCUT2D eigenvalue weighted by Gasteiger charge is 2.26. The van der Waals surface area contributed by atoms with E-state index < -0.39 is 34.0 Å². The molecule has 0 bridgehead atoms. The molecule has 202 valence electrons. The van der Waals surface area contributed by atoms with Gasteiger partial charge < -0.3 is 20.5 Å². The van der Waals surface area contributed by atoms with Crippen LogP contribution in [0.4, 0.5) is 10.5 Å². The van der Waals surface area contributed by atoms with Gasteiger partial charge >= 0.3 is 12.1 Å². The molecule has 0 radical (unpaired) electrons. The van der Waals surface area contributed by atoms with Crippen LogP contribution in [0, 0.1) is 11.3 Å². The van der Waals surface area contributed by atoms with E-state index in [1.54, 1.807) is 30.3 Å². The van der Waals surface area contributed by atoms with Crippen LogP contribution in [0.1, 0.15) is 23.1 Å². The summed E-state index contributed by atoms with van der Waals surface area (Å²) in [5.74, 6) is -1.87. The number of hydrogen-bond donors (Lipinski definition) is 4. The number of nitriles is 1. The quantitative estimate of drug-likeness (QED) is 0.266. The summed E-state index contributed by atoms with van der Waals surface area (Å²) in [5.41, 5.74) is 1.78. The number of carbonyl (C=O) groups is 3. The number of amides is 2. The van der Waals surface area contributed by atoms with E-state index >= 15 is 0 Å². The molecule has 0 aromatic heterocycles. The highest BCUT2D eigenvalue weighted by molar-refractivity contribution is 7.89. The van der Waals surface area contributed by atoms with Crippen molar-refractivity contribution < 1.29 is 32.6 Å². The third-order valence-electron chi connectivity index (χ3n) is 5.35. The molecule has 4 N–H and O–H groups in total. The molecule has 0 fully saturated rings. The number of carbonyl (C=O) groups excluding carboxylic acids is 2. The summed E-state index contributed by atoms with van der Waals surface area (Å²) in [6, 6.07) is 21.1. The molecular weight excluding hydrogens is 524 g/mol. The second kappa shape index (κ2) is 13.7. The molecule has 0 saturated carbocycles. The van der Waals surface area contributed by atoms with Gasteiger partial charge in [0.15, 0.2) is 0 Å². The number of aliphatic carboxylic acids is 1. The molecule has 3 aromatic carbocycles. The van der Waals surface area contributed by atoms with Crippen molar-refractivity contribution in [2.45, 2.75) is 30.4 Å². The Labute approximate surface area is 225 Å². The number of benzene rings is 3. The average molecular weight is 551 g/mol. The van der Waals surface area contributed by atoms with Crippen LogP contribution >= 0.6 is 0 Å². The molecular formula is C27H26N4O7S. The predicted octanol–water partition coefficient (Wildman–Crippen LogP) is 2.79. The molecule has 0 spiro atoms. The number of carboxylic acid groups (broad SMARTS) is 1. The molecule has 0 unspecified atom stereocenters. The smallest absolute Gasteiger partial charge is 0.407 e. The third-order valence-corrected chi connectivity index (χ3v) is 6.82. The minimum atomic E-state index is -4.28. The van der Waals surface area contributed by atoms with E-state index in [-0.39, 0.29) is 36.6 Å². The van der Waals surface area contributed by atoms with Gasteiger partial charge in [-0.2, -0.15) is 9.98 Å². The van der Waals surface area contributed by atoms with E-state index in [2.05, 4.69) is 15.4 Å². The zero-order chi connectivity index (χ0) is 28.3. The number of nitrogens with zero attached hydrogens (tertiary/aromatic N) is 1. The van der Waals surface area contributed by atoms with Crippen LogP contribution in [0.15, 0.2) is 83.8 Å². The second-order valence-electron chi connectivity index (χ2n) is 8.34. The van der Waals surface area contributed by atoms with Crippen molar-refractivity contribution in [2.75, 3.05) is 11.9 Å². The Kier molecular flexibility index (Phi) is 10.1. The zero-order valence-electron chi connectivity index (χ0n) is 20.7. The lowest BCUT2D eigenvalue weighted by Gasteiger charge is -2.16. The maximum absolute atomic E-state index is 12.9. The van der Waals surface area contributed by atoms with Crippen molar-refractivity contribution in [3.63, 3.8) is 0 Å². The molecule has 2 amide bonds. The van der Waals surface area contributed by atoms with E-state index in [0.29, 0.717) is 11.1 Å². The fraction of sp³-hybridized carbons (Fsp3) is 0.185. The number of carboxylic acids is 1. The van der Waals surface area contributed by atoms with Gasteiger partial charge in [0, 0.05) is 18.7 Å². The van der Waals surface area contributed by atoms with Gasteiger partial charge in [-0.15, -0.1) is 0 Å². The Bertz CT molecular complexity index is 1470. The normalized spacial score (nSPS) is 11.6. The minimum absolute atomic E-state index is 0.00764. The first-order valence-electron chi connectivity index (χ1n) is 11.7. The molecule has 0 saturated heterocycles. The Morgan fingerprint density at radius 2 is 1.67 bits per heavy atom. The van der Waals surface area contributed by atoms with Gasteiger partial charge in [-0.05, 0) is 47.9 Å². The number of alkyl carbamates (subject to hydrolysis) is 1. The molecule has 11 nitrogen and oxygen atoms in total. The van der Waals surface area contributed by atoms with Gasteiger partial charge in [-0.3, -0.25) is 9.59 Å². The standard InChI is InChI=1S/C27H26N4O7S/c28-17-21-9-4-8-20(14-21)15-24(26(33)34)31-39(36,37)23-11-5-10-22(16-23)30-25(32)12-13-29-27(35)38-18-19-6-2-1-3-7-19/h1-11,14,16,24,31H,12-13,15,18H2,(H,29,35)(H,30,32)(H,33,34)/t24-/m0/s1. The van der Waals surface area contributed by atoms with Gasteiger partial charge in [0.25, 0.3) is 0 Å². The zero-order valence-corrected chi connectivity index (χ0v) is 21.5. The van der Waals surface area contributed by atoms with Gasteiger partial charge in [-0.1, -0.05) is 48.5 Å². The molecule has 0 aliphatic carbocycles. The van der Waals surface area contributed by atoms with Gasteiger partial charge in [0.1, 0.15) is 12.6 Å². The summed E-state index contributed by atoms with van der Waals surface area (Å²) in [6.07, 6.45) is -0.960. The second-order valence-corrected chi connectivity index (χ2v) is 10.1. The summed E-state index contributed by atoms with van der Waals surface area (Å²) < 4.78 is 33.0. The van der Waals surface area contributed by atoms with Crippen molar-refractivity contribution >= 4 is 33.7 Å². The molecule has 3 aromatic rings. The van der Waals surface area contributed by atoms with Crippen LogP contribution in [-0.4, -0.2) is 44.1 Å². The number of rotatable bonds is 12. The molecule has 1 atom stereocenters. The van der Waals surface area contributed by atoms with E-state index in [1.807, 2.05) is 24.3 Å². The molecule has 0 aliphatic heterocycles. The average Bonchev–Trinajstić information content (AvgIpc) is 2.92. The van der Waals surface area contributed by atoms with Crippen molar-refractivity contribution in [1.82, 2.24) is 10.0 Å². The first-order chi connectivity index (χ1) is 18.7. The highest BCUT2D eigenvalue weighted by Crippen LogP contribution is 2.17. The SMILES string of the molecule is N#Cc1cccc(C[C@H](NS(=O)(=O)c2cccc(NC(=O)CCNC(=O)OCc3ccccc3)c2)C(=O)O)c1. The summed E-state index contributed by atoms with van der Waals surface area (Å²) in [4.78, 5) is 35.6. The summed E-state index contributed by atoms with van der Waals surface area (Å²) in [6.45, 7) is 0.0788. The van der Waals surface area contributed by atoms with Crippen LogP contribution in [-0.2, 0) is 37.4 Å². The maximum Gasteiger partial charge on any atom is 0.407 e. The Morgan fingerprint density at radius 3 is 2.38 bits per heavy atom. The van der Waals surface area contributed by atoms with E-state index in [9.17, 15) is 27.9 Å². The number of sulfonamides is 1. The molecule has 39 heavy (non-hydrogen) atoms. The van der Waals surface area contributed by atoms with Crippen LogP contribution in [0.2, 0.25) is 0 Å². The topological polar surface area (TPSA) is 175 Å². The number of ether oxygens (including phenoxy) is 1. The molecule has 0 heterocycles. The van der Waals surface area contributed by atoms with Crippen molar-refractivity contribution in [2.24, 2.45) is 0 Å². The van der Waals surface area contributed by atoms with Gasteiger partial charge in [-0.25, -0.2) is 13.2 Å². The number of anilines is 1. The van der Waals surface area contributed by atoms with E-state index in [4.69, 9.17) is 10.00 Å². The fourth-order valence-electron chi connectivity index (χ4n) is 3.45. The van der Waals surface area contributed by atoms with Gasteiger partial charge in [0.2, 0.25) is 15.9 Å². The monoisotopic (exact) mass is 550 g/mol. The van der Waals surface area contributed by atoms with Crippen molar-refractivity contribution in [3.8, 4) is 6.07 Å². The van der Waals surface area contributed by atoms with E-state index in [1.165, 1.54) is 30.3 Å². The van der Waals surface area contributed by atoms with Crippen LogP contribution < -0.4 is 15.4 Å². The Morgan fingerprint density at radius 1 is 0.949 bits per heavy atom. The van der Waals surface area contributed by atoms with Gasteiger partial charge in [0.05, 0.1) is 16.5 Å². The fourth-order valence-corrected chi connectivity index (χ4v) is 4.69. The van der Waals surface area contributed by atoms with Crippen LogP contribution in [0.5, 0.6) is 0 Å². The Balaban J connectivity index is 1.54. The predicted molar refractivity (Wildman–Crippen MR) is 141 cm³/mol. The van der Waals surface area contributed by atoms with Crippen molar-refractivity contribution in [1.29, 1.82) is 5.26 Å². The van der Waals surface area contributed by atoms with Crippen LogP contribution in [0.3, 0.4) is 0 Å². The minimum Gasteiger partial charge on any atom is -0.480 e. The lowest BCUT2D eigenvalue weighted by atomic mass is 10.0. The first kappa shape index (κ1) is 28.8. The largest absolute Gasteiger partial charge is 0.480 e. The summed E-state index contributed by atoms with van der Waals surface area (Å²) in [7, 11) is -4.28. The lowest BCUT2D eigenvalue weighted by Crippen LogP contribution is -2.42. The number of hydrogen-bond acceptors (Lipinski definition) is 7. The lowest BCUT2D eigenvalue weighted by molar-refractivity contribution is -0.138. The highest BCUT2D eigenvalue weighted by atomic mass is 32.2. The van der Waals surface area contributed by atoms with Crippen molar-refractivity contribution in [3.05, 3.63) is 95.6 Å². The summed E-state index contributed by atoms with van der Waals surface area (Å²) >= 11 is 0. The van der Waals surface area contributed by atoms with Crippen LogP contribution in [0.25, 0.3) is 0 Å². The third kappa shape index (κ3) is 9.26. The molecule has 0 aliphatic rings. The first-order valence-corrected chi connectivity index (χ1v) is 13.2. The number of nitrogens with one attached hydrogen (secondary N) is 3. The Hall–Kier alpha value is -4.73. The summed E-state index contributed by atoms with van der Waals surface area (Å²) in [5, 5.41) is 23.6.